The minimum absolute atomic E-state index is 0.323. The van der Waals surface area contributed by atoms with Crippen LogP contribution in [0.4, 0.5) is 0 Å². The summed E-state index contributed by atoms with van der Waals surface area (Å²) in [4.78, 5) is 0. The number of hydrogen-bond donors (Lipinski definition) is 2. The average molecular weight is 458 g/mol. The zero-order chi connectivity index (χ0) is 24.1. The third kappa shape index (κ3) is 7.05. The zero-order valence-corrected chi connectivity index (χ0v) is 22.0. The van der Waals surface area contributed by atoms with Crippen molar-refractivity contribution in [2.75, 3.05) is 13.2 Å². The Bertz CT molecular complexity index is 715. The minimum atomic E-state index is -0.534. The standard InChI is InChI=1S/C30H51NO2/c1-22-11-14-26(33-20-8-19-31)21-25(22)13-12-24-10-7-18-30(5)27(15-16-28(24)30)23(2)9-6-17-29(3,4)32/h12-13,23,26-28,32H,1,6-11,14-21,31H2,2-5H3/b24-12+,25-13-/t23-,26+,27?,28?,30?/m0/s1. The van der Waals surface area contributed by atoms with Crippen molar-refractivity contribution in [3.05, 3.63) is 35.5 Å². The molecule has 0 radical (unpaired) electrons. The number of aliphatic hydroxyl groups is 1. The first kappa shape index (κ1) is 26.7. The maximum Gasteiger partial charge on any atom is 0.0618 e. The summed E-state index contributed by atoms with van der Waals surface area (Å²) in [5, 5.41) is 10.1. The molecule has 0 saturated heterocycles. The highest BCUT2D eigenvalue weighted by Gasteiger charge is 2.50. The van der Waals surface area contributed by atoms with E-state index in [2.05, 4.69) is 32.6 Å². The monoisotopic (exact) mass is 457 g/mol. The van der Waals surface area contributed by atoms with Gasteiger partial charge >= 0.3 is 0 Å². The van der Waals surface area contributed by atoms with E-state index in [-0.39, 0.29) is 0 Å². The van der Waals surface area contributed by atoms with Crippen molar-refractivity contribution in [1.29, 1.82) is 0 Å². The van der Waals surface area contributed by atoms with Gasteiger partial charge in [-0.05, 0) is 113 Å². The normalized spacial score (nSPS) is 34.1. The molecule has 0 aromatic rings. The molecular formula is C30H51NO2. The molecule has 3 rings (SSSR count). The topological polar surface area (TPSA) is 55.5 Å². The molecule has 3 aliphatic carbocycles. The van der Waals surface area contributed by atoms with E-state index in [1.54, 1.807) is 5.57 Å². The van der Waals surface area contributed by atoms with Crippen LogP contribution in [0, 0.1) is 23.2 Å². The van der Waals surface area contributed by atoms with Gasteiger partial charge in [-0.3, -0.25) is 0 Å². The van der Waals surface area contributed by atoms with E-state index in [0.717, 1.165) is 62.9 Å². The summed E-state index contributed by atoms with van der Waals surface area (Å²) in [7, 11) is 0. The second-order valence-electron chi connectivity index (χ2n) is 12.2. The Kier molecular flexibility index (Phi) is 9.46. The smallest absolute Gasteiger partial charge is 0.0618 e. The number of ether oxygens (including phenoxy) is 1. The van der Waals surface area contributed by atoms with Gasteiger partial charge in [0.05, 0.1) is 11.7 Å². The molecular weight excluding hydrogens is 406 g/mol. The van der Waals surface area contributed by atoms with Crippen LogP contribution in [0.1, 0.15) is 105 Å². The van der Waals surface area contributed by atoms with Crippen LogP contribution < -0.4 is 5.73 Å². The summed E-state index contributed by atoms with van der Waals surface area (Å²) in [5.74, 6) is 2.29. The van der Waals surface area contributed by atoms with Gasteiger partial charge in [-0.25, -0.2) is 0 Å². The predicted octanol–water partition coefficient (Wildman–Crippen LogP) is 7.11. The van der Waals surface area contributed by atoms with Gasteiger partial charge in [0.25, 0.3) is 0 Å². The molecule has 3 fully saturated rings. The van der Waals surface area contributed by atoms with Crippen LogP contribution in [0.25, 0.3) is 0 Å². The Morgan fingerprint density at radius 3 is 2.73 bits per heavy atom. The molecule has 33 heavy (non-hydrogen) atoms. The quantitative estimate of drug-likeness (QED) is 0.344. The number of allylic oxidation sites excluding steroid dienone is 4. The Labute approximate surface area is 203 Å². The van der Waals surface area contributed by atoms with Gasteiger partial charge in [0, 0.05) is 6.61 Å². The molecule has 3 nitrogen and oxygen atoms in total. The lowest BCUT2D eigenvalue weighted by molar-refractivity contribution is 0.0435. The average Bonchev–Trinajstić information content (AvgIpc) is 3.10. The fourth-order valence-electron chi connectivity index (χ4n) is 7.13. The van der Waals surface area contributed by atoms with Crippen LogP contribution in [0.5, 0.6) is 0 Å². The molecule has 0 bridgehead atoms. The fourth-order valence-corrected chi connectivity index (χ4v) is 7.13. The van der Waals surface area contributed by atoms with Crippen LogP contribution >= 0.6 is 0 Å². The number of nitrogens with two attached hydrogens (primary N) is 1. The third-order valence-corrected chi connectivity index (χ3v) is 9.04. The van der Waals surface area contributed by atoms with Crippen LogP contribution in [-0.4, -0.2) is 30.0 Å². The Hall–Kier alpha value is -0.900. The highest BCUT2D eigenvalue weighted by Crippen LogP contribution is 2.60. The third-order valence-electron chi connectivity index (χ3n) is 9.04. The lowest BCUT2D eigenvalue weighted by Gasteiger charge is -2.44. The summed E-state index contributed by atoms with van der Waals surface area (Å²) in [6.07, 6.45) is 19.2. The highest BCUT2D eigenvalue weighted by atomic mass is 16.5. The molecule has 0 heterocycles. The summed E-state index contributed by atoms with van der Waals surface area (Å²) >= 11 is 0. The van der Waals surface area contributed by atoms with Gasteiger partial charge in [-0.15, -0.1) is 0 Å². The van der Waals surface area contributed by atoms with Gasteiger partial charge in [0.2, 0.25) is 0 Å². The van der Waals surface area contributed by atoms with E-state index in [9.17, 15) is 5.11 Å². The van der Waals surface area contributed by atoms with Crippen molar-refractivity contribution in [1.82, 2.24) is 0 Å². The van der Waals surface area contributed by atoms with Gasteiger partial charge in [-0.1, -0.05) is 56.6 Å². The molecule has 188 valence electrons. The Morgan fingerprint density at radius 1 is 1.21 bits per heavy atom. The molecule has 0 spiro atoms. The summed E-state index contributed by atoms with van der Waals surface area (Å²) < 4.78 is 6.07. The number of hydrogen-bond acceptors (Lipinski definition) is 3. The van der Waals surface area contributed by atoms with Gasteiger partial charge < -0.3 is 15.6 Å². The number of rotatable bonds is 10. The number of fused-ring (bicyclic) bond motifs is 1. The summed E-state index contributed by atoms with van der Waals surface area (Å²) in [6, 6.07) is 0. The summed E-state index contributed by atoms with van der Waals surface area (Å²) in [6.45, 7) is 14.8. The van der Waals surface area contributed by atoms with Crippen molar-refractivity contribution in [3.8, 4) is 0 Å². The van der Waals surface area contributed by atoms with Crippen LogP contribution in [0.3, 0.4) is 0 Å². The highest BCUT2D eigenvalue weighted by molar-refractivity contribution is 5.36. The Morgan fingerprint density at radius 2 is 2.00 bits per heavy atom. The van der Waals surface area contributed by atoms with Crippen molar-refractivity contribution < 1.29 is 9.84 Å². The van der Waals surface area contributed by atoms with Crippen molar-refractivity contribution >= 4 is 0 Å². The van der Waals surface area contributed by atoms with Crippen LogP contribution in [0.2, 0.25) is 0 Å². The van der Waals surface area contributed by atoms with E-state index in [0.29, 0.717) is 18.1 Å². The fraction of sp³-hybridized carbons (Fsp3) is 0.800. The largest absolute Gasteiger partial charge is 0.390 e. The van der Waals surface area contributed by atoms with Crippen molar-refractivity contribution in [3.63, 3.8) is 0 Å². The van der Waals surface area contributed by atoms with E-state index in [1.807, 2.05) is 13.8 Å². The SMILES string of the molecule is C=C1CC[C@@H](OCCCN)C/C1=C/C=C1\CCCC2(C)C1CCC2[C@@H](C)CCCC(C)(C)O. The van der Waals surface area contributed by atoms with E-state index >= 15 is 0 Å². The molecule has 0 aliphatic heterocycles. The van der Waals surface area contributed by atoms with E-state index < -0.39 is 5.60 Å². The Balaban J connectivity index is 1.64. The zero-order valence-electron chi connectivity index (χ0n) is 22.0. The lowest BCUT2D eigenvalue weighted by Crippen LogP contribution is -2.36. The predicted molar refractivity (Wildman–Crippen MR) is 140 cm³/mol. The van der Waals surface area contributed by atoms with Crippen molar-refractivity contribution in [2.24, 2.45) is 28.9 Å². The van der Waals surface area contributed by atoms with E-state index in [4.69, 9.17) is 10.5 Å². The molecule has 3 saturated carbocycles. The maximum absolute atomic E-state index is 10.1. The first-order valence-electron chi connectivity index (χ1n) is 13.8. The molecule has 0 amide bonds. The summed E-state index contributed by atoms with van der Waals surface area (Å²) in [5.41, 5.74) is 9.91. The minimum Gasteiger partial charge on any atom is -0.390 e. The van der Waals surface area contributed by atoms with Gasteiger partial charge in [0.15, 0.2) is 0 Å². The first-order valence-corrected chi connectivity index (χ1v) is 13.8. The second kappa shape index (κ2) is 11.7. The first-order chi connectivity index (χ1) is 15.6. The van der Waals surface area contributed by atoms with Gasteiger partial charge in [0.1, 0.15) is 0 Å². The molecule has 5 atom stereocenters. The molecule has 0 aromatic heterocycles. The molecule has 3 unspecified atom stereocenters. The second-order valence-corrected chi connectivity index (χ2v) is 12.2. The lowest BCUT2D eigenvalue weighted by atomic mass is 9.60. The molecule has 3 N–H and O–H groups in total. The molecule has 3 heteroatoms. The molecule has 3 aliphatic rings. The maximum atomic E-state index is 10.1. The van der Waals surface area contributed by atoms with Crippen LogP contribution in [0.15, 0.2) is 35.5 Å². The van der Waals surface area contributed by atoms with E-state index in [1.165, 1.54) is 49.7 Å². The molecule has 0 aromatic carbocycles. The van der Waals surface area contributed by atoms with Crippen LogP contribution in [-0.2, 0) is 4.74 Å². The van der Waals surface area contributed by atoms with Gasteiger partial charge in [-0.2, -0.15) is 0 Å². The van der Waals surface area contributed by atoms with Crippen molar-refractivity contribution in [2.45, 2.75) is 116 Å².